The molecule has 2 rings (SSSR count). The zero-order chi connectivity index (χ0) is 15.4. The molecule has 0 spiro atoms. The number of hydrogen-bond donors (Lipinski definition) is 1. The minimum absolute atomic E-state index is 0.0678. The Hall–Kier alpha value is -2.72. The number of rotatable bonds is 4. The normalized spacial score (nSPS) is 9.95. The van der Waals surface area contributed by atoms with E-state index in [-0.39, 0.29) is 28.6 Å². The highest BCUT2D eigenvalue weighted by Crippen LogP contribution is 2.24. The van der Waals surface area contributed by atoms with Crippen molar-refractivity contribution < 1.29 is 9.31 Å². The topological polar surface area (TPSA) is 91.8 Å². The number of pyridine rings is 1. The van der Waals surface area contributed by atoms with Crippen molar-refractivity contribution in [2.24, 2.45) is 0 Å². The molecule has 0 radical (unpaired) electrons. The summed E-state index contributed by atoms with van der Waals surface area (Å²) in [6, 6.07) is 7.09. The molecule has 1 aromatic heterocycles. The number of hydrogen-bond acceptors (Lipinski definition) is 5. The number of anilines is 1. The molecular formula is C13H8ClFN4O2. The quantitative estimate of drug-likeness (QED) is 0.691. The Morgan fingerprint density at radius 2 is 2.24 bits per heavy atom. The van der Waals surface area contributed by atoms with E-state index < -0.39 is 10.7 Å². The Bertz CT molecular complexity index is 745. The molecule has 21 heavy (non-hydrogen) atoms. The van der Waals surface area contributed by atoms with Gasteiger partial charge >= 0.3 is 0 Å². The van der Waals surface area contributed by atoms with Gasteiger partial charge in [-0.15, -0.1) is 0 Å². The molecule has 1 N–H and O–H groups in total. The summed E-state index contributed by atoms with van der Waals surface area (Å²) >= 11 is 5.86. The van der Waals surface area contributed by atoms with E-state index in [2.05, 4.69) is 10.3 Å². The van der Waals surface area contributed by atoms with E-state index in [4.69, 9.17) is 16.9 Å². The van der Waals surface area contributed by atoms with Gasteiger partial charge in [-0.2, -0.15) is 5.26 Å². The van der Waals surface area contributed by atoms with E-state index in [1.165, 1.54) is 12.1 Å². The largest absolute Gasteiger partial charge is 0.365 e. The molecule has 1 heterocycles. The molecular weight excluding hydrogens is 299 g/mol. The molecule has 0 aliphatic carbocycles. The maximum Gasteiger partial charge on any atom is 0.289 e. The second kappa shape index (κ2) is 6.15. The van der Waals surface area contributed by atoms with Gasteiger partial charge in [0.1, 0.15) is 17.8 Å². The van der Waals surface area contributed by atoms with E-state index in [0.29, 0.717) is 5.56 Å². The fourth-order valence-corrected chi connectivity index (χ4v) is 1.82. The highest BCUT2D eigenvalue weighted by Gasteiger charge is 2.11. The van der Waals surface area contributed by atoms with Crippen LogP contribution in [-0.2, 0) is 6.54 Å². The fourth-order valence-electron chi connectivity index (χ4n) is 1.60. The Morgan fingerprint density at radius 1 is 1.48 bits per heavy atom. The van der Waals surface area contributed by atoms with Gasteiger partial charge in [-0.05, 0) is 12.1 Å². The smallest absolute Gasteiger partial charge is 0.289 e. The van der Waals surface area contributed by atoms with Crippen molar-refractivity contribution in [3.8, 4) is 6.07 Å². The van der Waals surface area contributed by atoms with Crippen molar-refractivity contribution >= 4 is 23.1 Å². The predicted molar refractivity (Wildman–Crippen MR) is 74.3 cm³/mol. The molecule has 106 valence electrons. The lowest BCUT2D eigenvalue weighted by molar-refractivity contribution is -0.385. The molecule has 0 aliphatic heterocycles. The lowest BCUT2D eigenvalue weighted by atomic mass is 10.1. The third kappa shape index (κ3) is 3.43. The summed E-state index contributed by atoms with van der Waals surface area (Å²) in [5.74, 6) is -0.314. The van der Waals surface area contributed by atoms with Crippen molar-refractivity contribution in [1.29, 1.82) is 5.26 Å². The van der Waals surface area contributed by atoms with Crippen molar-refractivity contribution in [3.05, 3.63) is 62.5 Å². The van der Waals surface area contributed by atoms with E-state index in [9.17, 15) is 14.5 Å². The van der Waals surface area contributed by atoms with Crippen molar-refractivity contribution in [2.45, 2.75) is 6.54 Å². The summed E-state index contributed by atoms with van der Waals surface area (Å²) in [6.45, 7) is 0.0854. The van der Waals surface area contributed by atoms with Gasteiger partial charge in [0.05, 0.1) is 21.6 Å². The van der Waals surface area contributed by atoms with Crippen molar-refractivity contribution in [2.75, 3.05) is 5.32 Å². The maximum absolute atomic E-state index is 13.7. The SMILES string of the molecule is N#Cc1ccc(CNc2ncc([N+](=O)[O-])cc2Cl)c(F)c1. The third-order valence-corrected chi connectivity index (χ3v) is 2.95. The van der Waals surface area contributed by atoms with Crippen LogP contribution in [0.15, 0.2) is 30.5 Å². The maximum atomic E-state index is 13.7. The number of benzene rings is 1. The monoisotopic (exact) mass is 306 g/mol. The number of nitriles is 1. The van der Waals surface area contributed by atoms with Crippen LogP contribution in [0.5, 0.6) is 0 Å². The lowest BCUT2D eigenvalue weighted by Gasteiger charge is -2.08. The Kier molecular flexibility index (Phi) is 4.30. The molecule has 8 heteroatoms. The van der Waals surface area contributed by atoms with Gasteiger partial charge in [-0.3, -0.25) is 10.1 Å². The molecule has 0 atom stereocenters. The van der Waals surface area contributed by atoms with Crippen LogP contribution in [0.2, 0.25) is 5.02 Å². The van der Waals surface area contributed by atoms with Crippen LogP contribution in [-0.4, -0.2) is 9.91 Å². The first-order valence-electron chi connectivity index (χ1n) is 5.73. The number of nitro groups is 1. The van der Waals surface area contributed by atoms with Gasteiger partial charge < -0.3 is 5.32 Å². The van der Waals surface area contributed by atoms with Gasteiger partial charge in [0.25, 0.3) is 5.69 Å². The first-order valence-corrected chi connectivity index (χ1v) is 6.11. The van der Waals surface area contributed by atoms with Crippen LogP contribution in [0.25, 0.3) is 0 Å². The average Bonchev–Trinajstić information content (AvgIpc) is 2.46. The Balaban J connectivity index is 2.13. The number of halogens is 2. The van der Waals surface area contributed by atoms with Crippen LogP contribution in [0.3, 0.4) is 0 Å². The standard InChI is InChI=1S/C13H8ClFN4O2/c14-11-4-10(19(20)21)7-18-13(11)17-6-9-2-1-8(5-16)3-12(9)15/h1-4,7H,6H2,(H,17,18). The van der Waals surface area contributed by atoms with Gasteiger partial charge in [0.15, 0.2) is 0 Å². The van der Waals surface area contributed by atoms with Gasteiger partial charge in [-0.25, -0.2) is 9.37 Å². The summed E-state index contributed by atoms with van der Waals surface area (Å²) in [7, 11) is 0. The van der Waals surface area contributed by atoms with Gasteiger partial charge in [0, 0.05) is 18.2 Å². The highest BCUT2D eigenvalue weighted by molar-refractivity contribution is 6.33. The second-order valence-electron chi connectivity index (χ2n) is 4.05. The number of aromatic nitrogens is 1. The molecule has 1 aromatic carbocycles. The summed E-state index contributed by atoms with van der Waals surface area (Å²) in [5.41, 5.74) is 0.322. The summed E-state index contributed by atoms with van der Waals surface area (Å²) in [6.07, 6.45) is 1.06. The zero-order valence-electron chi connectivity index (χ0n) is 10.5. The van der Waals surface area contributed by atoms with Crippen molar-refractivity contribution in [1.82, 2.24) is 4.98 Å². The van der Waals surface area contributed by atoms with Crippen LogP contribution >= 0.6 is 11.6 Å². The highest BCUT2D eigenvalue weighted by atomic mass is 35.5. The zero-order valence-corrected chi connectivity index (χ0v) is 11.3. The lowest BCUT2D eigenvalue weighted by Crippen LogP contribution is -2.04. The van der Waals surface area contributed by atoms with Crippen LogP contribution < -0.4 is 5.32 Å². The van der Waals surface area contributed by atoms with Gasteiger partial charge in [-0.1, -0.05) is 17.7 Å². The minimum atomic E-state index is -0.608. The van der Waals surface area contributed by atoms with E-state index in [1.54, 1.807) is 0 Å². The van der Waals surface area contributed by atoms with E-state index in [0.717, 1.165) is 18.3 Å². The van der Waals surface area contributed by atoms with Crippen molar-refractivity contribution in [3.63, 3.8) is 0 Å². The number of nitrogens with one attached hydrogen (secondary N) is 1. The second-order valence-corrected chi connectivity index (χ2v) is 4.46. The molecule has 2 aromatic rings. The third-order valence-electron chi connectivity index (χ3n) is 2.67. The number of nitrogens with zero attached hydrogens (tertiary/aromatic N) is 3. The molecule has 0 saturated carbocycles. The molecule has 6 nitrogen and oxygen atoms in total. The molecule has 0 saturated heterocycles. The molecule has 0 bridgehead atoms. The molecule has 0 unspecified atom stereocenters. The average molecular weight is 307 g/mol. The summed E-state index contributed by atoms with van der Waals surface area (Å²) in [4.78, 5) is 13.8. The first-order chi connectivity index (χ1) is 10.0. The van der Waals surface area contributed by atoms with E-state index in [1.807, 2.05) is 6.07 Å². The Labute approximate surface area is 124 Å². The summed E-state index contributed by atoms with van der Waals surface area (Å²) < 4.78 is 13.7. The van der Waals surface area contributed by atoms with Crippen LogP contribution in [0, 0.1) is 27.3 Å². The first kappa shape index (κ1) is 14.7. The Morgan fingerprint density at radius 3 is 2.81 bits per heavy atom. The molecule has 0 aliphatic rings. The minimum Gasteiger partial charge on any atom is -0.365 e. The van der Waals surface area contributed by atoms with Gasteiger partial charge in [0.2, 0.25) is 0 Å². The molecule has 0 amide bonds. The summed E-state index contributed by atoms with van der Waals surface area (Å²) in [5, 5.41) is 22.1. The molecule has 0 fully saturated rings. The fraction of sp³-hybridized carbons (Fsp3) is 0.0769. The predicted octanol–water partition coefficient (Wildman–Crippen LogP) is 3.27. The van der Waals surface area contributed by atoms with Crippen LogP contribution in [0.1, 0.15) is 11.1 Å². The van der Waals surface area contributed by atoms with E-state index >= 15 is 0 Å². The van der Waals surface area contributed by atoms with Crippen LogP contribution in [0.4, 0.5) is 15.9 Å².